The van der Waals surface area contributed by atoms with Crippen molar-refractivity contribution in [2.24, 2.45) is 0 Å². The van der Waals surface area contributed by atoms with Gasteiger partial charge in [0.1, 0.15) is 23.7 Å². The molecule has 1 N–H and O–H groups in total. The van der Waals surface area contributed by atoms with E-state index in [0.29, 0.717) is 30.4 Å². The minimum atomic E-state index is -0.571. The van der Waals surface area contributed by atoms with E-state index in [4.69, 9.17) is 14.2 Å². The van der Waals surface area contributed by atoms with Gasteiger partial charge in [0, 0.05) is 18.2 Å². The molecular formula is C36H57NO4. The number of rotatable bonds is 22. The molecule has 41 heavy (non-hydrogen) atoms. The summed E-state index contributed by atoms with van der Waals surface area (Å²) in [6.07, 6.45) is 21.1. The van der Waals surface area contributed by atoms with Gasteiger partial charge >= 0.3 is 6.09 Å². The van der Waals surface area contributed by atoms with E-state index in [9.17, 15) is 4.79 Å². The Labute approximate surface area is 250 Å². The van der Waals surface area contributed by atoms with Gasteiger partial charge in [-0.3, -0.25) is 5.32 Å². The molecule has 0 aromatic heterocycles. The van der Waals surface area contributed by atoms with Gasteiger partial charge in [0.2, 0.25) is 0 Å². The summed E-state index contributed by atoms with van der Waals surface area (Å²) >= 11 is 0. The predicted molar refractivity (Wildman–Crippen MR) is 172 cm³/mol. The zero-order chi connectivity index (χ0) is 29.6. The summed E-state index contributed by atoms with van der Waals surface area (Å²) in [6.45, 7) is 8.90. The maximum absolute atomic E-state index is 12.3. The second-order valence-electron chi connectivity index (χ2n) is 12.2. The smallest absolute Gasteiger partial charge is 0.412 e. The van der Waals surface area contributed by atoms with Crippen molar-refractivity contribution >= 4 is 11.8 Å². The van der Waals surface area contributed by atoms with Gasteiger partial charge in [-0.05, 0) is 32.8 Å². The second-order valence-corrected chi connectivity index (χ2v) is 12.2. The van der Waals surface area contributed by atoms with Crippen molar-refractivity contribution in [1.29, 1.82) is 0 Å². The first-order chi connectivity index (χ1) is 19.9. The highest BCUT2D eigenvalue weighted by molar-refractivity contribution is 5.85. The van der Waals surface area contributed by atoms with Gasteiger partial charge in [-0.25, -0.2) is 4.79 Å². The molecule has 0 aliphatic carbocycles. The highest BCUT2D eigenvalue weighted by Gasteiger charge is 2.17. The fraction of sp³-hybridized carbons (Fsp3) is 0.639. The molecule has 0 fully saturated rings. The Hall–Kier alpha value is -2.69. The van der Waals surface area contributed by atoms with Crippen LogP contribution in [0.25, 0.3) is 0 Å². The highest BCUT2D eigenvalue weighted by atomic mass is 16.6. The molecule has 5 nitrogen and oxygen atoms in total. The van der Waals surface area contributed by atoms with Crippen LogP contribution in [-0.2, 0) is 11.3 Å². The SMILES string of the molecule is CCCCCCCCCCCCCCCCCCOc1cc(NC(=O)OC(C)(C)C)cc(OCc2ccccc2)c1. The van der Waals surface area contributed by atoms with Gasteiger partial charge in [0.15, 0.2) is 0 Å². The van der Waals surface area contributed by atoms with Crippen LogP contribution >= 0.6 is 0 Å². The lowest BCUT2D eigenvalue weighted by molar-refractivity contribution is 0.0636. The standard InChI is InChI=1S/C36H57NO4/c1-5-6-7-8-9-10-11-12-13-14-15-16-17-18-19-23-26-39-33-27-32(37-35(38)41-36(2,3)4)28-34(29-33)40-30-31-24-21-20-22-25-31/h20-22,24-25,27-29H,5-19,23,26,30H2,1-4H3,(H,37,38). The van der Waals surface area contributed by atoms with Crippen molar-refractivity contribution in [2.45, 2.75) is 143 Å². The fourth-order valence-electron chi connectivity index (χ4n) is 4.81. The number of hydrogen-bond acceptors (Lipinski definition) is 4. The predicted octanol–water partition coefficient (Wildman–Crippen LogP) is 11.3. The summed E-state index contributed by atoms with van der Waals surface area (Å²) in [6, 6.07) is 15.5. The summed E-state index contributed by atoms with van der Waals surface area (Å²) < 4.78 is 17.5. The first-order valence-electron chi connectivity index (χ1n) is 16.3. The quantitative estimate of drug-likeness (QED) is 0.144. The van der Waals surface area contributed by atoms with Crippen molar-refractivity contribution in [1.82, 2.24) is 0 Å². The van der Waals surface area contributed by atoms with Crippen molar-refractivity contribution < 1.29 is 19.0 Å². The molecule has 0 bridgehead atoms. The lowest BCUT2D eigenvalue weighted by Gasteiger charge is -2.20. The van der Waals surface area contributed by atoms with Crippen LogP contribution in [-0.4, -0.2) is 18.3 Å². The normalized spacial score (nSPS) is 11.3. The molecule has 2 aromatic rings. The van der Waals surface area contributed by atoms with Gasteiger partial charge in [0.05, 0.1) is 12.3 Å². The van der Waals surface area contributed by atoms with Crippen LogP contribution < -0.4 is 14.8 Å². The van der Waals surface area contributed by atoms with Crippen molar-refractivity contribution in [2.75, 3.05) is 11.9 Å². The third-order valence-electron chi connectivity index (χ3n) is 7.04. The van der Waals surface area contributed by atoms with Crippen molar-refractivity contribution in [3.63, 3.8) is 0 Å². The van der Waals surface area contributed by atoms with Crippen LogP contribution in [0.2, 0.25) is 0 Å². The van der Waals surface area contributed by atoms with E-state index in [-0.39, 0.29) is 0 Å². The molecule has 5 heteroatoms. The van der Waals surface area contributed by atoms with Gasteiger partial charge in [0.25, 0.3) is 0 Å². The molecule has 0 saturated carbocycles. The molecule has 0 unspecified atom stereocenters. The molecular weight excluding hydrogens is 510 g/mol. The summed E-state index contributed by atoms with van der Waals surface area (Å²) in [5, 5.41) is 2.81. The third kappa shape index (κ3) is 18.4. The Morgan fingerprint density at radius 1 is 0.659 bits per heavy atom. The molecule has 2 rings (SSSR count). The third-order valence-corrected chi connectivity index (χ3v) is 7.04. The molecule has 230 valence electrons. The van der Waals surface area contributed by atoms with E-state index in [1.54, 1.807) is 6.07 Å². The van der Waals surface area contributed by atoms with Crippen molar-refractivity contribution in [3.8, 4) is 11.5 Å². The minimum Gasteiger partial charge on any atom is -0.493 e. The Morgan fingerprint density at radius 3 is 1.66 bits per heavy atom. The van der Waals surface area contributed by atoms with Gasteiger partial charge < -0.3 is 14.2 Å². The average Bonchev–Trinajstić information content (AvgIpc) is 2.93. The summed E-state index contributed by atoms with van der Waals surface area (Å²) in [7, 11) is 0. The zero-order valence-corrected chi connectivity index (χ0v) is 26.5. The summed E-state index contributed by atoms with van der Waals surface area (Å²) in [5.74, 6) is 1.33. The molecule has 0 heterocycles. The van der Waals surface area contributed by atoms with Gasteiger partial charge in [-0.15, -0.1) is 0 Å². The Balaban J connectivity index is 1.64. The number of ether oxygens (including phenoxy) is 3. The van der Waals surface area contributed by atoms with E-state index < -0.39 is 11.7 Å². The topological polar surface area (TPSA) is 56.8 Å². The first kappa shape index (κ1) is 34.5. The van der Waals surface area contributed by atoms with Gasteiger partial charge in [-0.2, -0.15) is 0 Å². The van der Waals surface area contributed by atoms with Crippen LogP contribution in [0.3, 0.4) is 0 Å². The lowest BCUT2D eigenvalue weighted by atomic mass is 10.0. The summed E-state index contributed by atoms with van der Waals surface area (Å²) in [5.41, 5.74) is 1.10. The van der Waals surface area contributed by atoms with Crippen LogP contribution in [0.15, 0.2) is 48.5 Å². The first-order valence-corrected chi connectivity index (χ1v) is 16.3. The van der Waals surface area contributed by atoms with E-state index in [1.165, 1.54) is 96.3 Å². The molecule has 2 aromatic carbocycles. The average molecular weight is 568 g/mol. The number of carbonyl (C=O) groups is 1. The molecule has 0 spiro atoms. The Kier molecular flexibility index (Phi) is 17.7. The molecule has 1 amide bonds. The maximum atomic E-state index is 12.3. The molecule has 0 atom stereocenters. The monoisotopic (exact) mass is 567 g/mol. The minimum absolute atomic E-state index is 0.440. The van der Waals surface area contributed by atoms with E-state index in [1.807, 2.05) is 63.2 Å². The van der Waals surface area contributed by atoms with Gasteiger partial charge in [-0.1, -0.05) is 134 Å². The van der Waals surface area contributed by atoms with Crippen molar-refractivity contribution in [3.05, 3.63) is 54.1 Å². The number of nitrogens with one attached hydrogen (secondary N) is 1. The molecule has 0 saturated heterocycles. The lowest BCUT2D eigenvalue weighted by Crippen LogP contribution is -2.27. The van der Waals surface area contributed by atoms with Crippen LogP contribution in [0, 0.1) is 0 Å². The fourth-order valence-corrected chi connectivity index (χ4v) is 4.81. The van der Waals surface area contributed by atoms with E-state index in [2.05, 4.69) is 12.2 Å². The summed E-state index contributed by atoms with van der Waals surface area (Å²) in [4.78, 5) is 12.3. The number of hydrogen-bond donors (Lipinski definition) is 1. The largest absolute Gasteiger partial charge is 0.493 e. The molecule has 0 aliphatic heterocycles. The highest BCUT2D eigenvalue weighted by Crippen LogP contribution is 2.28. The number of anilines is 1. The maximum Gasteiger partial charge on any atom is 0.412 e. The van der Waals surface area contributed by atoms with E-state index in [0.717, 1.165) is 12.0 Å². The Bertz CT molecular complexity index is 938. The number of benzene rings is 2. The second kappa shape index (κ2) is 21.1. The zero-order valence-electron chi connectivity index (χ0n) is 26.5. The van der Waals surface area contributed by atoms with Crippen LogP contribution in [0.5, 0.6) is 11.5 Å². The number of amides is 1. The van der Waals surface area contributed by atoms with E-state index >= 15 is 0 Å². The van der Waals surface area contributed by atoms with Crippen LogP contribution in [0.1, 0.15) is 136 Å². The Morgan fingerprint density at radius 2 is 1.15 bits per heavy atom. The van der Waals surface area contributed by atoms with Crippen LogP contribution in [0.4, 0.5) is 10.5 Å². The molecule has 0 aliphatic rings. The number of unbranched alkanes of at least 4 members (excludes halogenated alkanes) is 15. The number of carbonyl (C=O) groups excluding carboxylic acids is 1. The molecule has 0 radical (unpaired) electrons.